The molecule has 1 fully saturated rings. The van der Waals surface area contributed by atoms with Gasteiger partial charge in [0.1, 0.15) is 6.04 Å². The molecule has 0 spiro atoms. The van der Waals surface area contributed by atoms with Crippen LogP contribution < -0.4 is 10.5 Å². The van der Waals surface area contributed by atoms with Gasteiger partial charge in [-0.15, -0.1) is 0 Å². The van der Waals surface area contributed by atoms with Crippen LogP contribution in [0.2, 0.25) is 0 Å². The van der Waals surface area contributed by atoms with E-state index in [0.29, 0.717) is 19.5 Å². The summed E-state index contributed by atoms with van der Waals surface area (Å²) in [5.41, 5.74) is 6.72. The molecule has 1 heterocycles. The third-order valence-electron chi connectivity index (χ3n) is 3.31. The zero-order valence-corrected chi connectivity index (χ0v) is 12.1. The summed E-state index contributed by atoms with van der Waals surface area (Å²) >= 11 is 0. The molecule has 1 aliphatic rings. The number of hydrogen-bond acceptors (Lipinski definition) is 4. The lowest BCUT2D eigenvalue weighted by atomic mass is 10.1. The van der Waals surface area contributed by atoms with E-state index in [1.807, 2.05) is 30.3 Å². The second-order valence-electron chi connectivity index (χ2n) is 5.05. The van der Waals surface area contributed by atoms with Crippen LogP contribution in [-0.2, 0) is 14.8 Å². The number of carbonyl (C=O) groups is 1. The minimum atomic E-state index is -3.25. The van der Waals surface area contributed by atoms with Crippen molar-refractivity contribution in [2.75, 3.05) is 19.3 Å². The Morgan fingerprint density at radius 2 is 2.05 bits per heavy atom. The Labute approximate surface area is 119 Å². The van der Waals surface area contributed by atoms with Gasteiger partial charge in [-0.2, -0.15) is 0 Å². The van der Waals surface area contributed by atoms with Gasteiger partial charge >= 0.3 is 0 Å². The number of hydrogen-bond donors (Lipinski definition) is 2. The highest BCUT2D eigenvalue weighted by Crippen LogP contribution is 2.17. The molecular formula is C13H19N3O3S. The highest BCUT2D eigenvalue weighted by atomic mass is 32.2. The number of sulfonamides is 1. The molecule has 7 heteroatoms. The lowest BCUT2D eigenvalue weighted by Crippen LogP contribution is -2.40. The number of amides is 1. The van der Waals surface area contributed by atoms with Gasteiger partial charge in [-0.05, 0) is 12.0 Å². The lowest BCUT2D eigenvalue weighted by Gasteiger charge is -2.21. The van der Waals surface area contributed by atoms with Crippen LogP contribution in [0.4, 0.5) is 0 Å². The first-order chi connectivity index (χ1) is 9.37. The van der Waals surface area contributed by atoms with Gasteiger partial charge in [-0.3, -0.25) is 4.79 Å². The van der Waals surface area contributed by atoms with Gasteiger partial charge in [0.25, 0.3) is 0 Å². The minimum Gasteiger partial charge on any atom is -0.339 e. The maximum absolute atomic E-state index is 12.3. The van der Waals surface area contributed by atoms with Crippen molar-refractivity contribution in [2.45, 2.75) is 18.5 Å². The molecule has 1 aromatic rings. The zero-order chi connectivity index (χ0) is 14.8. The van der Waals surface area contributed by atoms with Crippen molar-refractivity contribution in [3.63, 3.8) is 0 Å². The Bertz CT molecular complexity index is 574. The van der Waals surface area contributed by atoms with Crippen LogP contribution in [0.15, 0.2) is 30.3 Å². The number of rotatable bonds is 4. The van der Waals surface area contributed by atoms with Crippen LogP contribution in [-0.4, -0.2) is 44.6 Å². The molecular weight excluding hydrogens is 278 g/mol. The molecule has 0 unspecified atom stereocenters. The van der Waals surface area contributed by atoms with E-state index in [9.17, 15) is 13.2 Å². The van der Waals surface area contributed by atoms with Crippen LogP contribution in [0.5, 0.6) is 0 Å². The van der Waals surface area contributed by atoms with Crippen LogP contribution in [0.25, 0.3) is 0 Å². The standard InChI is InChI=1S/C13H19N3O3S/c1-20(18,19)15-11-7-8-16(9-11)13(17)12(14)10-5-3-2-4-6-10/h2-6,11-12,15H,7-9,14H2,1H3/t11-,12-/m0/s1. The Balaban J connectivity index is 1.98. The van der Waals surface area contributed by atoms with Gasteiger partial charge in [0.15, 0.2) is 0 Å². The van der Waals surface area contributed by atoms with Crippen molar-refractivity contribution < 1.29 is 13.2 Å². The first-order valence-corrected chi connectivity index (χ1v) is 8.32. The number of likely N-dealkylation sites (tertiary alicyclic amines) is 1. The molecule has 0 saturated carbocycles. The Kier molecular flexibility index (Phi) is 4.42. The smallest absolute Gasteiger partial charge is 0.244 e. The molecule has 110 valence electrons. The van der Waals surface area contributed by atoms with Gasteiger partial charge < -0.3 is 10.6 Å². The largest absolute Gasteiger partial charge is 0.339 e. The van der Waals surface area contributed by atoms with E-state index in [2.05, 4.69) is 4.72 Å². The van der Waals surface area contributed by atoms with E-state index in [1.54, 1.807) is 4.90 Å². The molecule has 2 atom stereocenters. The predicted molar refractivity (Wildman–Crippen MR) is 76.3 cm³/mol. The summed E-state index contributed by atoms with van der Waals surface area (Å²) in [6.45, 7) is 0.888. The second kappa shape index (κ2) is 5.90. The van der Waals surface area contributed by atoms with E-state index in [0.717, 1.165) is 11.8 Å². The summed E-state index contributed by atoms with van der Waals surface area (Å²) in [5.74, 6) is -0.172. The SMILES string of the molecule is CS(=O)(=O)N[C@H]1CCN(C(=O)[C@@H](N)c2ccccc2)C1. The number of nitrogens with one attached hydrogen (secondary N) is 1. The first-order valence-electron chi connectivity index (χ1n) is 6.43. The molecule has 1 amide bonds. The minimum absolute atomic E-state index is 0.172. The van der Waals surface area contributed by atoms with E-state index in [4.69, 9.17) is 5.73 Å². The third-order valence-corrected chi connectivity index (χ3v) is 4.07. The molecule has 0 bridgehead atoms. The predicted octanol–water partition coefficient (Wildman–Crippen LogP) is -0.163. The van der Waals surface area contributed by atoms with Crippen molar-refractivity contribution >= 4 is 15.9 Å². The normalized spacial score (nSPS) is 20.9. The third kappa shape index (κ3) is 3.78. The topological polar surface area (TPSA) is 92.5 Å². The van der Waals surface area contributed by atoms with Crippen LogP contribution in [0, 0.1) is 0 Å². The summed E-state index contributed by atoms with van der Waals surface area (Å²) in [4.78, 5) is 13.9. The molecule has 6 nitrogen and oxygen atoms in total. The van der Waals surface area contributed by atoms with Gasteiger partial charge in [0, 0.05) is 19.1 Å². The molecule has 20 heavy (non-hydrogen) atoms. The van der Waals surface area contributed by atoms with E-state index in [-0.39, 0.29) is 11.9 Å². The van der Waals surface area contributed by atoms with Gasteiger partial charge in [0.2, 0.25) is 15.9 Å². The zero-order valence-electron chi connectivity index (χ0n) is 11.3. The van der Waals surface area contributed by atoms with Crippen LogP contribution >= 0.6 is 0 Å². The molecule has 0 aliphatic carbocycles. The number of carbonyl (C=O) groups excluding carboxylic acids is 1. The number of benzene rings is 1. The van der Waals surface area contributed by atoms with Crippen molar-refractivity contribution in [3.05, 3.63) is 35.9 Å². The molecule has 1 aromatic carbocycles. The average Bonchev–Trinajstić information content (AvgIpc) is 2.84. The molecule has 3 N–H and O–H groups in total. The Hall–Kier alpha value is -1.44. The van der Waals surface area contributed by atoms with Gasteiger partial charge in [-0.1, -0.05) is 30.3 Å². The van der Waals surface area contributed by atoms with Crippen molar-refractivity contribution in [3.8, 4) is 0 Å². The van der Waals surface area contributed by atoms with E-state index in [1.165, 1.54) is 0 Å². The van der Waals surface area contributed by atoms with Crippen molar-refractivity contribution in [1.82, 2.24) is 9.62 Å². The van der Waals surface area contributed by atoms with Gasteiger partial charge in [-0.25, -0.2) is 13.1 Å². The fourth-order valence-corrected chi connectivity index (χ4v) is 3.16. The summed E-state index contributed by atoms with van der Waals surface area (Å²) in [6.07, 6.45) is 1.73. The molecule has 0 aromatic heterocycles. The molecule has 1 aliphatic heterocycles. The summed E-state index contributed by atoms with van der Waals surface area (Å²) in [6, 6.07) is 8.23. The van der Waals surface area contributed by atoms with E-state index < -0.39 is 16.1 Å². The number of nitrogens with zero attached hydrogens (tertiary/aromatic N) is 1. The maximum Gasteiger partial charge on any atom is 0.244 e. The average molecular weight is 297 g/mol. The molecule has 2 rings (SSSR count). The Morgan fingerprint density at radius 3 is 2.65 bits per heavy atom. The summed E-state index contributed by atoms with van der Waals surface area (Å²) in [5, 5.41) is 0. The molecule has 0 radical (unpaired) electrons. The van der Waals surface area contributed by atoms with Crippen LogP contribution in [0.1, 0.15) is 18.0 Å². The van der Waals surface area contributed by atoms with Crippen molar-refractivity contribution in [2.24, 2.45) is 5.73 Å². The highest BCUT2D eigenvalue weighted by molar-refractivity contribution is 7.88. The van der Waals surface area contributed by atoms with Crippen LogP contribution in [0.3, 0.4) is 0 Å². The quantitative estimate of drug-likeness (QED) is 0.807. The lowest BCUT2D eigenvalue weighted by molar-refractivity contribution is -0.131. The Morgan fingerprint density at radius 1 is 1.40 bits per heavy atom. The monoisotopic (exact) mass is 297 g/mol. The first kappa shape index (κ1) is 15.0. The maximum atomic E-state index is 12.3. The molecule has 1 saturated heterocycles. The number of nitrogens with two attached hydrogens (primary N) is 1. The fourth-order valence-electron chi connectivity index (χ4n) is 2.36. The highest BCUT2D eigenvalue weighted by Gasteiger charge is 2.31. The fraction of sp³-hybridized carbons (Fsp3) is 0.462. The van der Waals surface area contributed by atoms with Crippen molar-refractivity contribution in [1.29, 1.82) is 0 Å². The second-order valence-corrected chi connectivity index (χ2v) is 6.83. The van der Waals surface area contributed by atoms with Gasteiger partial charge in [0.05, 0.1) is 6.26 Å². The van der Waals surface area contributed by atoms with E-state index >= 15 is 0 Å². The summed E-state index contributed by atoms with van der Waals surface area (Å²) < 4.78 is 24.9. The summed E-state index contributed by atoms with van der Waals surface area (Å²) in [7, 11) is -3.25.